The van der Waals surface area contributed by atoms with Crippen LogP contribution in [-0.2, 0) is 14.0 Å². The molecule has 0 aliphatic heterocycles. The normalized spacial score (nSPS) is 9.12. The fourth-order valence-electron chi connectivity index (χ4n) is 0.227. The molecule has 8 heavy (non-hydrogen) atoms. The molecule has 3 nitrogen and oxygen atoms in total. The predicted molar refractivity (Wildman–Crippen MR) is 32.3 cm³/mol. The van der Waals surface area contributed by atoms with E-state index < -0.39 is 0 Å². The number of hydrogen-bond donors (Lipinski definition) is 0. The van der Waals surface area contributed by atoms with Gasteiger partial charge in [0.25, 0.3) is 0 Å². The van der Waals surface area contributed by atoms with Crippen molar-refractivity contribution >= 4 is 16.5 Å². The van der Waals surface area contributed by atoms with Gasteiger partial charge >= 0.3 is 5.97 Å². The van der Waals surface area contributed by atoms with Crippen LogP contribution in [0.2, 0.25) is 0 Å². The highest BCUT2D eigenvalue weighted by molar-refractivity contribution is 5.97. The van der Waals surface area contributed by atoms with Gasteiger partial charge in [-0.25, -0.2) is 0 Å². The molecule has 0 saturated carbocycles. The first-order chi connectivity index (χ1) is 3.81. The first-order valence-corrected chi connectivity index (χ1v) is 3.27. The number of esters is 1. The van der Waals surface area contributed by atoms with Gasteiger partial charge in [-0.15, -0.1) is 0 Å². The Morgan fingerprint density at radius 1 is 1.75 bits per heavy atom. The van der Waals surface area contributed by atoms with Crippen LogP contribution >= 0.6 is 0 Å². The van der Waals surface area contributed by atoms with Crippen molar-refractivity contribution in [2.45, 2.75) is 13.3 Å². The minimum Gasteiger partial charge on any atom is -0.439 e. The number of rotatable bonds is 3. The zero-order valence-corrected chi connectivity index (χ0v) is 7.14. The van der Waals surface area contributed by atoms with Crippen LogP contribution in [0.4, 0.5) is 0 Å². The lowest BCUT2D eigenvalue weighted by atomic mass is 10.5. The molecule has 0 aromatic rings. The number of carbonyl (C=O) groups is 1. The molecule has 0 saturated heterocycles. The molecule has 48 valence electrons. The van der Waals surface area contributed by atoms with Crippen LogP contribution < -0.4 is 0 Å². The summed E-state index contributed by atoms with van der Waals surface area (Å²) in [6, 6.07) is 0. The van der Waals surface area contributed by atoms with E-state index in [4.69, 9.17) is 0 Å². The van der Waals surface area contributed by atoms with Gasteiger partial charge in [-0.1, -0.05) is 6.92 Å². The van der Waals surface area contributed by atoms with Crippen molar-refractivity contribution in [2.24, 2.45) is 0 Å². The predicted octanol–water partition coefficient (Wildman–Crippen LogP) is -0.806. The maximum Gasteiger partial charge on any atom is 0.307 e. The molecule has 0 aliphatic carbocycles. The summed E-state index contributed by atoms with van der Waals surface area (Å²) in [7, 11) is 0.620. The van der Waals surface area contributed by atoms with Gasteiger partial charge in [0.1, 0.15) is 10.5 Å². The second-order valence-corrected chi connectivity index (χ2v) is 1.85. The first kappa shape index (κ1) is 7.65. The van der Waals surface area contributed by atoms with Gasteiger partial charge in [0.15, 0.2) is 6.79 Å². The van der Waals surface area contributed by atoms with E-state index in [-0.39, 0.29) is 12.8 Å². The second kappa shape index (κ2) is 4.80. The van der Waals surface area contributed by atoms with Crippen LogP contribution in [0, 0.1) is 0 Å². The average molecular weight is 134 g/mol. The summed E-state index contributed by atoms with van der Waals surface area (Å²) in [5.74, 6) is -0.208. The van der Waals surface area contributed by atoms with Crippen molar-refractivity contribution in [1.82, 2.24) is 0 Å². The molecule has 0 aromatic heterocycles. The van der Waals surface area contributed by atoms with Crippen LogP contribution in [0.25, 0.3) is 0 Å². The minimum absolute atomic E-state index is 0.124. The minimum atomic E-state index is -0.208. The molecule has 0 aromatic carbocycles. The van der Waals surface area contributed by atoms with Crippen molar-refractivity contribution < 1.29 is 14.0 Å². The SMILES string of the molecule is CCC(=O)OCO[SiH3]. The summed E-state index contributed by atoms with van der Waals surface area (Å²) < 4.78 is 9.12. The summed E-state index contributed by atoms with van der Waals surface area (Å²) in [4.78, 5) is 10.3. The average Bonchev–Trinajstić information content (AvgIpc) is 1.83. The lowest BCUT2D eigenvalue weighted by molar-refractivity contribution is -0.149. The summed E-state index contributed by atoms with van der Waals surface area (Å²) in [6.07, 6.45) is 0.422. The van der Waals surface area contributed by atoms with E-state index in [0.717, 1.165) is 0 Å². The fraction of sp³-hybridized carbons (Fsp3) is 0.750. The van der Waals surface area contributed by atoms with Gasteiger partial charge in [0.2, 0.25) is 0 Å². The molecule has 0 fully saturated rings. The van der Waals surface area contributed by atoms with Gasteiger partial charge in [-0.2, -0.15) is 0 Å². The maximum absolute atomic E-state index is 10.3. The number of hydrogen-bond acceptors (Lipinski definition) is 3. The van der Waals surface area contributed by atoms with Gasteiger partial charge in [0.05, 0.1) is 0 Å². The summed E-state index contributed by atoms with van der Waals surface area (Å²) in [5.41, 5.74) is 0. The van der Waals surface area contributed by atoms with E-state index in [0.29, 0.717) is 16.9 Å². The van der Waals surface area contributed by atoms with Crippen LogP contribution in [0.15, 0.2) is 0 Å². The molecule has 0 radical (unpaired) electrons. The van der Waals surface area contributed by atoms with E-state index in [2.05, 4.69) is 9.16 Å². The Hall–Kier alpha value is -0.353. The van der Waals surface area contributed by atoms with Crippen molar-refractivity contribution in [3.63, 3.8) is 0 Å². The van der Waals surface area contributed by atoms with E-state index >= 15 is 0 Å². The van der Waals surface area contributed by atoms with Crippen LogP contribution in [-0.4, -0.2) is 23.2 Å². The largest absolute Gasteiger partial charge is 0.439 e. The Bertz CT molecular complexity index is 73.7. The quantitative estimate of drug-likeness (QED) is 0.288. The summed E-state index contributed by atoms with van der Waals surface area (Å²) in [5, 5.41) is 0. The summed E-state index contributed by atoms with van der Waals surface area (Å²) in [6.45, 7) is 1.87. The van der Waals surface area contributed by atoms with E-state index in [1.807, 2.05) is 0 Å². The van der Waals surface area contributed by atoms with Gasteiger partial charge < -0.3 is 9.16 Å². The topological polar surface area (TPSA) is 35.5 Å². The van der Waals surface area contributed by atoms with Crippen molar-refractivity contribution in [3.05, 3.63) is 0 Å². The molecular weight excluding hydrogens is 124 g/mol. The van der Waals surface area contributed by atoms with Crippen LogP contribution in [0.1, 0.15) is 13.3 Å². The number of carbonyl (C=O) groups excluding carboxylic acids is 1. The third kappa shape index (κ3) is 3.82. The van der Waals surface area contributed by atoms with Crippen molar-refractivity contribution in [3.8, 4) is 0 Å². The lowest BCUT2D eigenvalue weighted by Crippen LogP contribution is -2.04. The zero-order chi connectivity index (χ0) is 6.41. The van der Waals surface area contributed by atoms with Gasteiger partial charge in [0, 0.05) is 6.42 Å². The molecule has 0 heterocycles. The molecule has 0 spiro atoms. The molecule has 0 bridgehead atoms. The molecule has 0 atom stereocenters. The smallest absolute Gasteiger partial charge is 0.307 e. The monoisotopic (exact) mass is 134 g/mol. The third-order valence-electron chi connectivity index (χ3n) is 0.626. The van der Waals surface area contributed by atoms with Crippen molar-refractivity contribution in [2.75, 3.05) is 6.79 Å². The molecule has 0 unspecified atom stereocenters. The Balaban J connectivity index is 2.99. The van der Waals surface area contributed by atoms with Crippen molar-refractivity contribution in [1.29, 1.82) is 0 Å². The van der Waals surface area contributed by atoms with E-state index in [9.17, 15) is 4.79 Å². The second-order valence-electron chi connectivity index (χ2n) is 1.28. The molecule has 0 aliphatic rings. The lowest BCUT2D eigenvalue weighted by Gasteiger charge is -1.98. The Morgan fingerprint density at radius 2 is 2.38 bits per heavy atom. The maximum atomic E-state index is 10.3. The van der Waals surface area contributed by atoms with Crippen LogP contribution in [0.5, 0.6) is 0 Å². The fourth-order valence-corrected chi connectivity index (χ4v) is 0.345. The Morgan fingerprint density at radius 3 is 2.75 bits per heavy atom. The summed E-state index contributed by atoms with van der Waals surface area (Å²) >= 11 is 0. The standard InChI is InChI=1S/C4H10O3Si/c1-2-4(5)6-3-7-8/h2-3H2,1,8H3. The Labute approximate surface area is 51.5 Å². The highest BCUT2D eigenvalue weighted by Gasteiger charge is 1.93. The van der Waals surface area contributed by atoms with E-state index in [1.165, 1.54) is 0 Å². The molecule has 0 amide bonds. The van der Waals surface area contributed by atoms with Gasteiger partial charge in [-0.05, 0) is 0 Å². The van der Waals surface area contributed by atoms with Gasteiger partial charge in [-0.3, -0.25) is 4.79 Å². The zero-order valence-electron chi connectivity index (χ0n) is 5.14. The molecule has 0 rings (SSSR count). The first-order valence-electron chi connectivity index (χ1n) is 2.45. The van der Waals surface area contributed by atoms with Crippen LogP contribution in [0.3, 0.4) is 0 Å². The third-order valence-corrected chi connectivity index (χ3v) is 0.862. The Kier molecular flexibility index (Phi) is 4.59. The number of ether oxygens (including phenoxy) is 1. The highest BCUT2D eigenvalue weighted by atomic mass is 28.2. The van der Waals surface area contributed by atoms with E-state index in [1.54, 1.807) is 6.92 Å². The molecule has 4 heteroatoms. The molecule has 0 N–H and O–H groups in total. The highest BCUT2D eigenvalue weighted by Crippen LogP contribution is 1.81. The molecular formula is C4H10O3Si.